The number of carbonyl (C=O) groups excluding carboxylic acids is 1. The summed E-state index contributed by atoms with van der Waals surface area (Å²) < 4.78 is 5.44. The van der Waals surface area contributed by atoms with Gasteiger partial charge >= 0.3 is 0 Å². The van der Waals surface area contributed by atoms with Crippen LogP contribution in [-0.2, 0) is 9.53 Å². The van der Waals surface area contributed by atoms with E-state index in [9.17, 15) is 4.79 Å². The molecule has 1 fully saturated rings. The minimum absolute atomic E-state index is 0.151. The molecular weight excluding hydrogens is 192 g/mol. The fraction of sp³-hybridized carbons (Fsp3) is 0.909. The topological polar surface area (TPSA) is 32.8 Å². The van der Waals surface area contributed by atoms with Crippen LogP contribution in [0.4, 0.5) is 0 Å². The molecule has 1 aliphatic heterocycles. The normalized spacial score (nSPS) is 22.3. The molecular formula is C11H22N2O2. The van der Waals surface area contributed by atoms with Crippen molar-refractivity contribution in [3.8, 4) is 0 Å². The first-order valence-electron chi connectivity index (χ1n) is 5.65. The van der Waals surface area contributed by atoms with Crippen LogP contribution >= 0.6 is 0 Å². The average molecular weight is 214 g/mol. The van der Waals surface area contributed by atoms with E-state index in [0.717, 1.165) is 26.2 Å². The molecule has 1 amide bonds. The maximum absolute atomic E-state index is 11.3. The minimum Gasteiger partial charge on any atom is -0.362 e. The predicted molar refractivity (Wildman–Crippen MR) is 59.5 cm³/mol. The molecule has 0 spiro atoms. The zero-order valence-corrected chi connectivity index (χ0v) is 10.2. The van der Waals surface area contributed by atoms with Crippen LogP contribution in [0.2, 0.25) is 0 Å². The van der Waals surface area contributed by atoms with Crippen molar-refractivity contribution < 1.29 is 9.53 Å². The number of amides is 1. The van der Waals surface area contributed by atoms with Crippen LogP contribution in [0, 0.1) is 0 Å². The second-order valence-electron chi connectivity index (χ2n) is 4.31. The lowest BCUT2D eigenvalue weighted by atomic mass is 10.3. The first-order valence-corrected chi connectivity index (χ1v) is 5.65. The molecule has 0 aromatic carbocycles. The van der Waals surface area contributed by atoms with E-state index < -0.39 is 0 Å². The highest BCUT2D eigenvalue weighted by Gasteiger charge is 2.22. The molecule has 4 nitrogen and oxygen atoms in total. The Morgan fingerprint density at radius 2 is 2.27 bits per heavy atom. The van der Waals surface area contributed by atoms with Gasteiger partial charge in [-0.25, -0.2) is 0 Å². The molecule has 0 bridgehead atoms. The van der Waals surface area contributed by atoms with Crippen molar-refractivity contribution in [2.45, 2.75) is 40.0 Å². The average Bonchev–Trinajstić information content (AvgIpc) is 2.51. The summed E-state index contributed by atoms with van der Waals surface area (Å²) in [5.74, 6) is 0.151. The molecule has 0 aromatic heterocycles. The Bertz CT molecular complexity index is 219. The molecule has 1 saturated heterocycles. The summed E-state index contributed by atoms with van der Waals surface area (Å²) >= 11 is 0. The van der Waals surface area contributed by atoms with Gasteiger partial charge in [-0.15, -0.1) is 0 Å². The van der Waals surface area contributed by atoms with Crippen LogP contribution in [0.3, 0.4) is 0 Å². The third-order valence-electron chi connectivity index (χ3n) is 2.91. The van der Waals surface area contributed by atoms with Gasteiger partial charge in [-0.2, -0.15) is 0 Å². The first kappa shape index (κ1) is 12.5. The zero-order chi connectivity index (χ0) is 11.4. The standard InChI is InChI=1S/C11H22N2O2/c1-9(2)13(10(3)14)6-5-12-7-8-15-11(12)4/h9,11H,5-8H2,1-4H3. The lowest BCUT2D eigenvalue weighted by Gasteiger charge is -2.28. The fourth-order valence-electron chi connectivity index (χ4n) is 1.94. The SMILES string of the molecule is CC(=O)N(CCN1CCOC1C)C(C)C. The van der Waals surface area contributed by atoms with E-state index in [4.69, 9.17) is 4.74 Å². The third-order valence-corrected chi connectivity index (χ3v) is 2.91. The Hall–Kier alpha value is -0.610. The largest absolute Gasteiger partial charge is 0.362 e. The van der Waals surface area contributed by atoms with Gasteiger partial charge in [0.1, 0.15) is 6.23 Å². The summed E-state index contributed by atoms with van der Waals surface area (Å²) in [6.45, 7) is 11.3. The van der Waals surface area contributed by atoms with Crippen LogP contribution in [0.25, 0.3) is 0 Å². The molecule has 1 unspecified atom stereocenters. The van der Waals surface area contributed by atoms with E-state index >= 15 is 0 Å². The Balaban J connectivity index is 2.36. The second-order valence-corrected chi connectivity index (χ2v) is 4.31. The summed E-state index contributed by atoms with van der Waals surface area (Å²) in [5, 5.41) is 0. The molecule has 0 aliphatic carbocycles. The zero-order valence-electron chi connectivity index (χ0n) is 10.2. The molecule has 0 saturated carbocycles. The lowest BCUT2D eigenvalue weighted by molar-refractivity contribution is -0.130. The van der Waals surface area contributed by atoms with Gasteiger partial charge in [-0.05, 0) is 20.8 Å². The molecule has 0 radical (unpaired) electrons. The Labute approximate surface area is 92.2 Å². The van der Waals surface area contributed by atoms with Crippen LogP contribution in [-0.4, -0.2) is 54.2 Å². The van der Waals surface area contributed by atoms with E-state index in [1.54, 1.807) is 6.92 Å². The number of hydrogen-bond acceptors (Lipinski definition) is 3. The quantitative estimate of drug-likeness (QED) is 0.697. The first-order chi connectivity index (χ1) is 7.02. The Morgan fingerprint density at radius 1 is 1.60 bits per heavy atom. The van der Waals surface area contributed by atoms with Gasteiger partial charge < -0.3 is 9.64 Å². The summed E-state index contributed by atoms with van der Waals surface area (Å²) in [7, 11) is 0. The highest BCUT2D eigenvalue weighted by atomic mass is 16.5. The molecule has 4 heteroatoms. The summed E-state index contributed by atoms with van der Waals surface area (Å²) in [6, 6.07) is 0.279. The molecule has 1 rings (SSSR count). The fourth-order valence-corrected chi connectivity index (χ4v) is 1.94. The van der Waals surface area contributed by atoms with Gasteiger partial charge in [0, 0.05) is 32.6 Å². The molecule has 88 valence electrons. The second kappa shape index (κ2) is 5.47. The highest BCUT2D eigenvalue weighted by Crippen LogP contribution is 2.09. The van der Waals surface area contributed by atoms with Gasteiger partial charge in [0.2, 0.25) is 5.91 Å². The van der Waals surface area contributed by atoms with Gasteiger partial charge in [0.25, 0.3) is 0 Å². The van der Waals surface area contributed by atoms with Crippen molar-refractivity contribution in [2.24, 2.45) is 0 Å². The van der Waals surface area contributed by atoms with Crippen molar-refractivity contribution in [1.82, 2.24) is 9.80 Å². The summed E-state index contributed by atoms with van der Waals surface area (Å²) in [5.41, 5.74) is 0. The molecule has 0 aromatic rings. The van der Waals surface area contributed by atoms with Crippen molar-refractivity contribution >= 4 is 5.91 Å². The van der Waals surface area contributed by atoms with Crippen LogP contribution in [0.5, 0.6) is 0 Å². The van der Waals surface area contributed by atoms with Gasteiger partial charge in [0.15, 0.2) is 0 Å². The monoisotopic (exact) mass is 214 g/mol. The highest BCUT2D eigenvalue weighted by molar-refractivity contribution is 5.73. The third kappa shape index (κ3) is 3.47. The summed E-state index contributed by atoms with van der Waals surface area (Å²) in [6.07, 6.45) is 0.200. The van der Waals surface area contributed by atoms with Gasteiger partial charge in [-0.1, -0.05) is 0 Å². The van der Waals surface area contributed by atoms with E-state index in [1.807, 2.05) is 18.7 Å². The minimum atomic E-state index is 0.151. The predicted octanol–water partition coefficient (Wildman–Crippen LogP) is 0.921. The summed E-state index contributed by atoms with van der Waals surface area (Å²) in [4.78, 5) is 15.5. The number of rotatable bonds is 4. The molecule has 0 N–H and O–H groups in total. The Morgan fingerprint density at radius 3 is 2.67 bits per heavy atom. The van der Waals surface area contributed by atoms with Crippen LogP contribution in [0.15, 0.2) is 0 Å². The number of ether oxygens (including phenoxy) is 1. The van der Waals surface area contributed by atoms with E-state index in [0.29, 0.717) is 0 Å². The molecule has 15 heavy (non-hydrogen) atoms. The van der Waals surface area contributed by atoms with Gasteiger partial charge in [-0.3, -0.25) is 9.69 Å². The van der Waals surface area contributed by atoms with E-state index in [-0.39, 0.29) is 18.2 Å². The maximum Gasteiger partial charge on any atom is 0.219 e. The lowest BCUT2D eigenvalue weighted by Crippen LogP contribution is -2.42. The Kier molecular flexibility index (Phi) is 4.54. The van der Waals surface area contributed by atoms with E-state index in [1.165, 1.54) is 0 Å². The number of nitrogens with zero attached hydrogens (tertiary/aromatic N) is 2. The van der Waals surface area contributed by atoms with E-state index in [2.05, 4.69) is 11.8 Å². The van der Waals surface area contributed by atoms with Crippen LogP contribution < -0.4 is 0 Å². The molecule has 1 heterocycles. The van der Waals surface area contributed by atoms with Crippen LogP contribution in [0.1, 0.15) is 27.7 Å². The smallest absolute Gasteiger partial charge is 0.219 e. The van der Waals surface area contributed by atoms with Crippen molar-refractivity contribution in [3.63, 3.8) is 0 Å². The molecule has 1 atom stereocenters. The number of hydrogen-bond donors (Lipinski definition) is 0. The van der Waals surface area contributed by atoms with Gasteiger partial charge in [0.05, 0.1) is 6.61 Å². The number of carbonyl (C=O) groups is 1. The van der Waals surface area contributed by atoms with Crippen molar-refractivity contribution in [2.75, 3.05) is 26.2 Å². The van der Waals surface area contributed by atoms with Crippen molar-refractivity contribution in [3.05, 3.63) is 0 Å². The molecule has 1 aliphatic rings. The van der Waals surface area contributed by atoms with Crippen molar-refractivity contribution in [1.29, 1.82) is 0 Å². The maximum atomic E-state index is 11.3.